The van der Waals surface area contributed by atoms with Gasteiger partial charge in [-0.2, -0.15) is 0 Å². The van der Waals surface area contributed by atoms with Crippen LogP contribution in [0.3, 0.4) is 0 Å². The number of methoxy groups -OCH3 is 1. The zero-order valence-electron chi connectivity index (χ0n) is 9.67. The Morgan fingerprint density at radius 1 is 1.36 bits per heavy atom. The topological polar surface area (TPSA) is 29.5 Å². The maximum Gasteiger partial charge on any atom is 0.322 e. The van der Waals surface area contributed by atoms with Gasteiger partial charge in [-0.3, -0.25) is 9.69 Å². The van der Waals surface area contributed by atoms with Gasteiger partial charge in [0, 0.05) is 0 Å². The van der Waals surface area contributed by atoms with Gasteiger partial charge in [-0.1, -0.05) is 13.8 Å². The molecule has 0 spiro atoms. The molecule has 3 nitrogen and oxygen atoms in total. The molecule has 3 heteroatoms. The Balaban J connectivity index is 2.45. The van der Waals surface area contributed by atoms with Crippen LogP contribution in [0.25, 0.3) is 0 Å². The van der Waals surface area contributed by atoms with Crippen molar-refractivity contribution in [3.63, 3.8) is 0 Å². The minimum absolute atomic E-state index is 0.0869. The monoisotopic (exact) mass is 199 g/mol. The molecule has 0 bridgehead atoms. The van der Waals surface area contributed by atoms with Gasteiger partial charge in [-0.25, -0.2) is 0 Å². The average Bonchev–Trinajstić information content (AvgIpc) is 2.15. The van der Waals surface area contributed by atoms with Gasteiger partial charge in [0.05, 0.1) is 7.11 Å². The van der Waals surface area contributed by atoms with Crippen molar-refractivity contribution in [3.8, 4) is 0 Å². The third kappa shape index (κ3) is 2.71. The van der Waals surface area contributed by atoms with Gasteiger partial charge in [-0.15, -0.1) is 0 Å². The third-order valence-electron chi connectivity index (χ3n) is 3.24. The maximum atomic E-state index is 11.3. The van der Waals surface area contributed by atoms with Crippen molar-refractivity contribution in [2.45, 2.75) is 39.7 Å². The summed E-state index contributed by atoms with van der Waals surface area (Å²) >= 11 is 0. The van der Waals surface area contributed by atoms with E-state index < -0.39 is 0 Å². The third-order valence-corrected chi connectivity index (χ3v) is 3.24. The van der Waals surface area contributed by atoms with Crippen molar-refractivity contribution in [1.29, 1.82) is 0 Å². The second-order valence-corrected chi connectivity index (χ2v) is 4.90. The van der Waals surface area contributed by atoms with Crippen LogP contribution >= 0.6 is 0 Å². The lowest BCUT2D eigenvalue weighted by Gasteiger charge is -2.38. The Kier molecular flexibility index (Phi) is 3.53. The minimum atomic E-state index is -0.121. The highest BCUT2D eigenvalue weighted by Crippen LogP contribution is 2.30. The van der Waals surface area contributed by atoms with Crippen molar-refractivity contribution < 1.29 is 9.53 Å². The predicted octanol–water partition coefficient (Wildman–Crippen LogP) is 1.67. The molecule has 0 aromatic rings. The standard InChI is InChI=1S/C11H21NO2/c1-9(10(13)14-4)12-7-5-11(2,3)6-8-12/h9H,5-8H2,1-4H3. The lowest BCUT2D eigenvalue weighted by Crippen LogP contribution is -2.46. The Hall–Kier alpha value is -0.570. The van der Waals surface area contributed by atoms with Crippen LogP contribution in [0.15, 0.2) is 0 Å². The second-order valence-electron chi connectivity index (χ2n) is 4.90. The number of hydrogen-bond acceptors (Lipinski definition) is 3. The van der Waals surface area contributed by atoms with Gasteiger partial charge in [0.15, 0.2) is 0 Å². The van der Waals surface area contributed by atoms with Crippen molar-refractivity contribution >= 4 is 5.97 Å². The number of esters is 1. The second kappa shape index (κ2) is 4.30. The first-order valence-electron chi connectivity index (χ1n) is 5.28. The molecule has 1 aliphatic rings. The fourth-order valence-corrected chi connectivity index (χ4v) is 1.84. The van der Waals surface area contributed by atoms with Gasteiger partial charge in [0.25, 0.3) is 0 Å². The van der Waals surface area contributed by atoms with Crippen LogP contribution in [-0.2, 0) is 9.53 Å². The molecule has 0 aromatic carbocycles. The smallest absolute Gasteiger partial charge is 0.322 e. The summed E-state index contributed by atoms with van der Waals surface area (Å²) in [5, 5.41) is 0. The number of likely N-dealkylation sites (tertiary alicyclic amines) is 1. The number of carbonyl (C=O) groups is 1. The zero-order chi connectivity index (χ0) is 10.8. The van der Waals surface area contributed by atoms with Crippen LogP contribution in [0, 0.1) is 5.41 Å². The molecule has 0 amide bonds. The van der Waals surface area contributed by atoms with Gasteiger partial charge >= 0.3 is 5.97 Å². The molecule has 82 valence electrons. The number of hydrogen-bond donors (Lipinski definition) is 0. The molecule has 1 rings (SSSR count). The van der Waals surface area contributed by atoms with E-state index >= 15 is 0 Å². The van der Waals surface area contributed by atoms with Crippen molar-refractivity contribution in [2.75, 3.05) is 20.2 Å². The first-order valence-corrected chi connectivity index (χ1v) is 5.28. The number of rotatable bonds is 2. The predicted molar refractivity (Wildman–Crippen MR) is 56.1 cm³/mol. The summed E-state index contributed by atoms with van der Waals surface area (Å²) in [6.07, 6.45) is 2.32. The average molecular weight is 199 g/mol. The van der Waals surface area contributed by atoms with Crippen molar-refractivity contribution in [3.05, 3.63) is 0 Å². The fraction of sp³-hybridized carbons (Fsp3) is 0.909. The van der Waals surface area contributed by atoms with Crippen LogP contribution < -0.4 is 0 Å². The lowest BCUT2D eigenvalue weighted by atomic mass is 9.82. The number of ether oxygens (including phenoxy) is 1. The summed E-state index contributed by atoms with van der Waals surface area (Å²) in [5.74, 6) is -0.121. The van der Waals surface area contributed by atoms with Crippen LogP contribution in [0.4, 0.5) is 0 Å². The zero-order valence-corrected chi connectivity index (χ0v) is 9.67. The van der Waals surface area contributed by atoms with Gasteiger partial charge in [-0.05, 0) is 38.3 Å². The highest BCUT2D eigenvalue weighted by atomic mass is 16.5. The molecule has 14 heavy (non-hydrogen) atoms. The minimum Gasteiger partial charge on any atom is -0.468 e. The van der Waals surface area contributed by atoms with E-state index in [-0.39, 0.29) is 12.0 Å². The normalized spacial score (nSPS) is 24.3. The largest absolute Gasteiger partial charge is 0.468 e. The molecule has 0 aromatic heterocycles. The van der Waals surface area contributed by atoms with Crippen LogP contribution in [0.5, 0.6) is 0 Å². The summed E-state index contributed by atoms with van der Waals surface area (Å²) in [6, 6.07) is -0.0869. The fourth-order valence-electron chi connectivity index (χ4n) is 1.84. The Bertz CT molecular complexity index is 203. The highest BCUT2D eigenvalue weighted by Gasteiger charge is 2.30. The van der Waals surface area contributed by atoms with Crippen LogP contribution in [0.1, 0.15) is 33.6 Å². The molecule has 1 fully saturated rings. The van der Waals surface area contributed by atoms with E-state index in [9.17, 15) is 4.79 Å². The Morgan fingerprint density at radius 3 is 2.29 bits per heavy atom. The van der Waals surface area contributed by atoms with Crippen LogP contribution in [-0.4, -0.2) is 37.1 Å². The van der Waals surface area contributed by atoms with E-state index in [0.717, 1.165) is 25.9 Å². The summed E-state index contributed by atoms with van der Waals surface area (Å²) in [7, 11) is 1.45. The van der Waals surface area contributed by atoms with E-state index in [0.29, 0.717) is 5.41 Å². The lowest BCUT2D eigenvalue weighted by molar-refractivity contribution is -0.147. The number of piperidine rings is 1. The first-order chi connectivity index (χ1) is 6.46. The highest BCUT2D eigenvalue weighted by molar-refractivity contribution is 5.75. The molecular weight excluding hydrogens is 178 g/mol. The molecule has 1 atom stereocenters. The van der Waals surface area contributed by atoms with E-state index in [2.05, 4.69) is 18.7 Å². The molecule has 0 aliphatic carbocycles. The van der Waals surface area contributed by atoms with Gasteiger partial charge in [0.1, 0.15) is 6.04 Å². The van der Waals surface area contributed by atoms with Crippen molar-refractivity contribution in [1.82, 2.24) is 4.90 Å². The van der Waals surface area contributed by atoms with Crippen molar-refractivity contribution in [2.24, 2.45) is 5.41 Å². The summed E-state index contributed by atoms with van der Waals surface area (Å²) in [5.41, 5.74) is 0.437. The number of carbonyl (C=O) groups excluding carboxylic acids is 1. The van der Waals surface area contributed by atoms with E-state index in [1.807, 2.05) is 6.92 Å². The molecular formula is C11H21NO2. The SMILES string of the molecule is COC(=O)C(C)N1CCC(C)(C)CC1. The van der Waals surface area contributed by atoms with E-state index in [4.69, 9.17) is 4.74 Å². The van der Waals surface area contributed by atoms with E-state index in [1.165, 1.54) is 7.11 Å². The molecule has 0 radical (unpaired) electrons. The summed E-state index contributed by atoms with van der Waals surface area (Å²) in [4.78, 5) is 13.5. The van der Waals surface area contributed by atoms with Crippen LogP contribution in [0.2, 0.25) is 0 Å². The first kappa shape index (κ1) is 11.5. The van der Waals surface area contributed by atoms with Gasteiger partial charge in [0.2, 0.25) is 0 Å². The molecule has 1 heterocycles. The molecule has 0 saturated carbocycles. The quantitative estimate of drug-likeness (QED) is 0.634. The Morgan fingerprint density at radius 2 is 1.86 bits per heavy atom. The van der Waals surface area contributed by atoms with Gasteiger partial charge < -0.3 is 4.74 Å². The van der Waals surface area contributed by atoms with E-state index in [1.54, 1.807) is 0 Å². The summed E-state index contributed by atoms with van der Waals surface area (Å²) < 4.78 is 4.74. The number of nitrogens with zero attached hydrogens (tertiary/aromatic N) is 1. The maximum absolute atomic E-state index is 11.3. The Labute approximate surface area is 86.4 Å². The molecule has 1 aliphatic heterocycles. The molecule has 1 saturated heterocycles. The summed E-state index contributed by atoms with van der Waals surface area (Å²) in [6.45, 7) is 8.50. The molecule has 1 unspecified atom stereocenters. The molecule has 0 N–H and O–H groups in total.